The standard InChI is InChI=1S/C16H15NO3S3/c18-15-14(8-4-7-12-5-2-1-3-6-12)22-16(21)17(15)13-9-10-23(19,20)11-13/h1-8,13H,9-11H2/b7-4+,14-8-/t13-/m1/s1. The van der Waals surface area contributed by atoms with E-state index in [2.05, 4.69) is 0 Å². The molecule has 0 bridgehead atoms. The lowest BCUT2D eigenvalue weighted by Gasteiger charge is -2.20. The molecule has 0 spiro atoms. The summed E-state index contributed by atoms with van der Waals surface area (Å²) in [6, 6.07) is 9.45. The number of nitrogens with zero attached hydrogens (tertiary/aromatic N) is 1. The maximum atomic E-state index is 12.5. The van der Waals surface area contributed by atoms with Gasteiger partial charge < -0.3 is 0 Å². The molecule has 120 valence electrons. The third kappa shape index (κ3) is 3.73. The summed E-state index contributed by atoms with van der Waals surface area (Å²) in [7, 11) is -3.05. The summed E-state index contributed by atoms with van der Waals surface area (Å²) in [5.41, 5.74) is 1.04. The number of rotatable bonds is 3. The van der Waals surface area contributed by atoms with Crippen molar-refractivity contribution in [1.82, 2.24) is 4.90 Å². The Labute approximate surface area is 145 Å². The maximum absolute atomic E-state index is 12.5. The van der Waals surface area contributed by atoms with Gasteiger partial charge in [0.2, 0.25) is 0 Å². The number of amides is 1. The fourth-order valence-corrected chi connectivity index (χ4v) is 5.65. The van der Waals surface area contributed by atoms with E-state index in [0.717, 1.165) is 5.56 Å². The highest BCUT2D eigenvalue weighted by Gasteiger charge is 2.41. The van der Waals surface area contributed by atoms with Gasteiger partial charge in [-0.3, -0.25) is 9.69 Å². The number of thiocarbonyl (C=S) groups is 1. The number of hydrogen-bond donors (Lipinski definition) is 0. The van der Waals surface area contributed by atoms with Crippen molar-refractivity contribution in [3.8, 4) is 0 Å². The van der Waals surface area contributed by atoms with E-state index in [9.17, 15) is 13.2 Å². The lowest BCUT2D eigenvalue weighted by molar-refractivity contribution is -0.123. The van der Waals surface area contributed by atoms with Crippen LogP contribution in [0.3, 0.4) is 0 Å². The van der Waals surface area contributed by atoms with E-state index >= 15 is 0 Å². The molecule has 1 amide bonds. The molecule has 0 aromatic heterocycles. The summed E-state index contributed by atoms with van der Waals surface area (Å²) in [6.07, 6.45) is 5.91. The first-order chi connectivity index (χ1) is 11.0. The van der Waals surface area contributed by atoms with Gasteiger partial charge in [-0.15, -0.1) is 0 Å². The third-order valence-electron chi connectivity index (χ3n) is 3.73. The Balaban J connectivity index is 1.74. The van der Waals surface area contributed by atoms with Gasteiger partial charge in [-0.1, -0.05) is 66.5 Å². The Hall–Kier alpha value is -1.44. The second kappa shape index (κ2) is 6.59. The van der Waals surface area contributed by atoms with Gasteiger partial charge in [0.25, 0.3) is 5.91 Å². The Kier molecular flexibility index (Phi) is 4.70. The molecule has 7 heteroatoms. The number of thioether (sulfide) groups is 1. The predicted octanol–water partition coefficient (Wildman–Crippen LogP) is 2.63. The summed E-state index contributed by atoms with van der Waals surface area (Å²) in [6.45, 7) is 0. The van der Waals surface area contributed by atoms with E-state index in [-0.39, 0.29) is 23.5 Å². The average Bonchev–Trinajstić information content (AvgIpc) is 3.00. The molecular formula is C16H15NO3S3. The average molecular weight is 366 g/mol. The molecule has 1 aromatic carbocycles. The van der Waals surface area contributed by atoms with Crippen LogP contribution in [-0.4, -0.2) is 41.1 Å². The zero-order chi connectivity index (χ0) is 16.4. The first-order valence-electron chi connectivity index (χ1n) is 7.15. The minimum Gasteiger partial charge on any atom is -0.289 e. The van der Waals surface area contributed by atoms with Crippen LogP contribution in [0, 0.1) is 0 Å². The normalized spacial score (nSPS) is 25.8. The molecule has 0 unspecified atom stereocenters. The highest BCUT2D eigenvalue weighted by Crippen LogP contribution is 2.35. The molecule has 23 heavy (non-hydrogen) atoms. The van der Waals surface area contributed by atoms with Gasteiger partial charge in [0.05, 0.1) is 22.5 Å². The van der Waals surface area contributed by atoms with Gasteiger partial charge in [0.15, 0.2) is 9.84 Å². The van der Waals surface area contributed by atoms with Crippen LogP contribution in [0.5, 0.6) is 0 Å². The first kappa shape index (κ1) is 16.4. The van der Waals surface area contributed by atoms with E-state index in [0.29, 0.717) is 15.6 Å². The van der Waals surface area contributed by atoms with E-state index in [1.54, 1.807) is 6.08 Å². The van der Waals surface area contributed by atoms with Crippen molar-refractivity contribution < 1.29 is 13.2 Å². The summed E-state index contributed by atoms with van der Waals surface area (Å²) in [4.78, 5) is 14.5. The maximum Gasteiger partial charge on any atom is 0.266 e. The molecule has 0 N–H and O–H groups in total. The number of hydrogen-bond acceptors (Lipinski definition) is 5. The molecule has 2 fully saturated rings. The zero-order valence-corrected chi connectivity index (χ0v) is 14.7. The highest BCUT2D eigenvalue weighted by molar-refractivity contribution is 8.26. The fourth-order valence-electron chi connectivity index (χ4n) is 2.60. The lowest BCUT2D eigenvalue weighted by Crippen LogP contribution is -2.39. The smallest absolute Gasteiger partial charge is 0.266 e. The van der Waals surface area contributed by atoms with Gasteiger partial charge in [0, 0.05) is 0 Å². The molecule has 1 atom stereocenters. The second-order valence-corrected chi connectivity index (χ2v) is 9.31. The van der Waals surface area contributed by atoms with Gasteiger partial charge >= 0.3 is 0 Å². The Morgan fingerprint density at radius 1 is 1.26 bits per heavy atom. The fraction of sp³-hybridized carbons (Fsp3) is 0.250. The predicted molar refractivity (Wildman–Crippen MR) is 97.7 cm³/mol. The van der Waals surface area contributed by atoms with Crippen molar-refractivity contribution in [2.24, 2.45) is 0 Å². The topological polar surface area (TPSA) is 54.5 Å². The molecule has 0 aliphatic carbocycles. The Bertz CT molecular complexity index is 797. The number of benzene rings is 1. The minimum absolute atomic E-state index is 0.00652. The summed E-state index contributed by atoms with van der Waals surface area (Å²) in [5, 5.41) is 0. The molecule has 0 radical (unpaired) electrons. The Morgan fingerprint density at radius 2 is 2.00 bits per heavy atom. The van der Waals surface area contributed by atoms with E-state index in [1.807, 2.05) is 42.5 Å². The zero-order valence-electron chi connectivity index (χ0n) is 12.2. The number of carbonyl (C=O) groups is 1. The SMILES string of the molecule is O=C1/C(=C/C=C/c2ccccc2)SC(=S)N1[C@@H]1CCS(=O)(=O)C1. The van der Waals surface area contributed by atoms with Crippen LogP contribution in [0.2, 0.25) is 0 Å². The number of sulfone groups is 1. The number of carbonyl (C=O) groups excluding carboxylic acids is 1. The largest absolute Gasteiger partial charge is 0.289 e. The van der Waals surface area contributed by atoms with Crippen LogP contribution < -0.4 is 0 Å². The van der Waals surface area contributed by atoms with Crippen LogP contribution in [0.25, 0.3) is 6.08 Å². The molecule has 2 aliphatic rings. The van der Waals surface area contributed by atoms with Gasteiger partial charge in [-0.05, 0) is 18.1 Å². The molecule has 2 heterocycles. The van der Waals surface area contributed by atoms with E-state index in [1.165, 1.54) is 16.7 Å². The lowest BCUT2D eigenvalue weighted by atomic mass is 10.2. The third-order valence-corrected chi connectivity index (χ3v) is 6.83. The monoisotopic (exact) mass is 365 g/mol. The first-order valence-corrected chi connectivity index (χ1v) is 10.2. The molecule has 4 nitrogen and oxygen atoms in total. The van der Waals surface area contributed by atoms with E-state index in [4.69, 9.17) is 12.2 Å². The van der Waals surface area contributed by atoms with Crippen LogP contribution in [0.1, 0.15) is 12.0 Å². The number of allylic oxidation sites excluding steroid dienone is 2. The molecule has 2 aliphatic heterocycles. The molecule has 0 saturated carbocycles. The van der Waals surface area contributed by atoms with Crippen molar-refractivity contribution >= 4 is 50.1 Å². The Morgan fingerprint density at radius 3 is 2.65 bits per heavy atom. The highest BCUT2D eigenvalue weighted by atomic mass is 32.2. The molecular weight excluding hydrogens is 350 g/mol. The van der Waals surface area contributed by atoms with Crippen LogP contribution in [0.15, 0.2) is 47.4 Å². The van der Waals surface area contributed by atoms with E-state index < -0.39 is 9.84 Å². The van der Waals surface area contributed by atoms with Crippen molar-refractivity contribution in [1.29, 1.82) is 0 Å². The van der Waals surface area contributed by atoms with Crippen LogP contribution >= 0.6 is 24.0 Å². The summed E-state index contributed by atoms with van der Waals surface area (Å²) in [5.74, 6) is -0.0614. The second-order valence-electron chi connectivity index (χ2n) is 5.40. The van der Waals surface area contributed by atoms with Gasteiger partial charge in [-0.25, -0.2) is 8.42 Å². The quantitative estimate of drug-likeness (QED) is 0.609. The minimum atomic E-state index is -3.05. The summed E-state index contributed by atoms with van der Waals surface area (Å²) >= 11 is 6.49. The van der Waals surface area contributed by atoms with Crippen LogP contribution in [0.4, 0.5) is 0 Å². The van der Waals surface area contributed by atoms with Crippen molar-refractivity contribution in [2.75, 3.05) is 11.5 Å². The van der Waals surface area contributed by atoms with Crippen LogP contribution in [-0.2, 0) is 14.6 Å². The van der Waals surface area contributed by atoms with Crippen molar-refractivity contribution in [3.63, 3.8) is 0 Å². The van der Waals surface area contributed by atoms with Crippen molar-refractivity contribution in [3.05, 3.63) is 53.0 Å². The molecule has 2 saturated heterocycles. The summed E-state index contributed by atoms with van der Waals surface area (Å²) < 4.78 is 23.7. The van der Waals surface area contributed by atoms with Gasteiger partial charge in [-0.2, -0.15) is 0 Å². The van der Waals surface area contributed by atoms with Gasteiger partial charge in [0.1, 0.15) is 4.32 Å². The van der Waals surface area contributed by atoms with Crippen molar-refractivity contribution in [2.45, 2.75) is 12.5 Å². The molecule has 1 aromatic rings. The molecule has 3 rings (SSSR count).